The summed E-state index contributed by atoms with van der Waals surface area (Å²) in [6.07, 6.45) is 2.01. The van der Waals surface area contributed by atoms with E-state index >= 15 is 0 Å². The lowest BCUT2D eigenvalue weighted by Gasteiger charge is -2.16. The third-order valence-electron chi connectivity index (χ3n) is 3.95. The number of rotatable bonds is 5. The molecule has 3 rings (SSSR count). The number of nitrogens with one attached hydrogen (secondary N) is 1. The van der Waals surface area contributed by atoms with Crippen molar-refractivity contribution in [2.45, 2.75) is 39.7 Å². The van der Waals surface area contributed by atoms with E-state index in [1.807, 2.05) is 11.3 Å². The maximum atomic E-state index is 5.61. The van der Waals surface area contributed by atoms with Crippen molar-refractivity contribution >= 4 is 11.3 Å². The molecule has 1 aromatic heterocycles. The Morgan fingerprint density at radius 1 is 1.38 bits per heavy atom. The summed E-state index contributed by atoms with van der Waals surface area (Å²) in [5, 5.41) is 4.75. The van der Waals surface area contributed by atoms with Gasteiger partial charge in [-0.15, -0.1) is 11.3 Å². The van der Waals surface area contributed by atoms with Crippen LogP contribution in [0.5, 0.6) is 5.75 Å². The van der Waals surface area contributed by atoms with Gasteiger partial charge in [-0.1, -0.05) is 19.9 Å². The van der Waals surface area contributed by atoms with Crippen molar-refractivity contribution in [3.05, 3.63) is 44.9 Å². The van der Waals surface area contributed by atoms with Gasteiger partial charge in [0.2, 0.25) is 0 Å². The molecule has 0 aliphatic carbocycles. The predicted octanol–water partition coefficient (Wildman–Crippen LogP) is 3.65. The first-order chi connectivity index (χ1) is 10.2. The van der Waals surface area contributed by atoms with Crippen LogP contribution in [0.3, 0.4) is 0 Å². The molecule has 21 heavy (non-hydrogen) atoms. The second-order valence-electron chi connectivity index (χ2n) is 5.36. The normalized spacial score (nSPS) is 14.8. The van der Waals surface area contributed by atoms with E-state index in [2.05, 4.69) is 44.3 Å². The summed E-state index contributed by atoms with van der Waals surface area (Å²) in [5.41, 5.74) is 3.83. The van der Waals surface area contributed by atoms with Gasteiger partial charge >= 0.3 is 0 Å². The summed E-state index contributed by atoms with van der Waals surface area (Å²) >= 11 is 1.81. The molecule has 1 aromatic carbocycles. The van der Waals surface area contributed by atoms with Crippen LogP contribution in [-0.2, 0) is 12.8 Å². The van der Waals surface area contributed by atoms with Crippen LogP contribution in [0.4, 0.5) is 0 Å². The zero-order valence-corrected chi connectivity index (χ0v) is 13.7. The molecule has 112 valence electrons. The van der Waals surface area contributed by atoms with Crippen molar-refractivity contribution in [2.75, 3.05) is 13.2 Å². The summed E-state index contributed by atoms with van der Waals surface area (Å²) in [6, 6.07) is 6.73. The Morgan fingerprint density at radius 2 is 2.24 bits per heavy atom. The highest BCUT2D eigenvalue weighted by atomic mass is 32.1. The molecule has 0 radical (unpaired) electrons. The van der Waals surface area contributed by atoms with Crippen LogP contribution in [-0.4, -0.2) is 18.1 Å². The Kier molecular flexibility index (Phi) is 4.27. The van der Waals surface area contributed by atoms with Crippen molar-refractivity contribution in [2.24, 2.45) is 0 Å². The van der Waals surface area contributed by atoms with E-state index in [0.29, 0.717) is 0 Å². The van der Waals surface area contributed by atoms with Crippen LogP contribution < -0.4 is 10.1 Å². The molecule has 0 spiro atoms. The number of thiazole rings is 1. The molecule has 0 amide bonds. The predicted molar refractivity (Wildman–Crippen MR) is 87.4 cm³/mol. The van der Waals surface area contributed by atoms with Crippen molar-refractivity contribution < 1.29 is 4.74 Å². The number of benzene rings is 1. The summed E-state index contributed by atoms with van der Waals surface area (Å²) in [7, 11) is 0. The number of hydrogen-bond acceptors (Lipinski definition) is 4. The number of aryl methyl sites for hydroxylation is 2. The van der Waals surface area contributed by atoms with Gasteiger partial charge in [-0.3, -0.25) is 0 Å². The molecule has 0 saturated carbocycles. The van der Waals surface area contributed by atoms with Gasteiger partial charge in [-0.2, -0.15) is 0 Å². The number of aromatic nitrogens is 1. The van der Waals surface area contributed by atoms with Gasteiger partial charge in [0.25, 0.3) is 0 Å². The van der Waals surface area contributed by atoms with Crippen LogP contribution in [0.1, 0.15) is 46.6 Å². The number of ether oxygens (including phenoxy) is 1. The van der Waals surface area contributed by atoms with Gasteiger partial charge in [0.15, 0.2) is 0 Å². The summed E-state index contributed by atoms with van der Waals surface area (Å²) in [5.74, 6) is 1.04. The molecule has 0 bridgehead atoms. The molecular weight excluding hydrogens is 280 g/mol. The van der Waals surface area contributed by atoms with E-state index in [1.54, 1.807) is 0 Å². The standard InChI is InChI=1S/C17H22N2OS/c1-4-14-11(3)21-17(19-14)16(18-5-2)13-6-7-15-12(10-13)8-9-20-15/h6-7,10,16,18H,4-5,8-9H2,1-3H3. The molecule has 0 fully saturated rings. The quantitative estimate of drug-likeness (QED) is 0.915. The molecule has 4 heteroatoms. The van der Waals surface area contributed by atoms with Gasteiger partial charge in [-0.05, 0) is 43.1 Å². The largest absolute Gasteiger partial charge is 0.493 e. The molecule has 2 heterocycles. The molecular formula is C17H22N2OS. The van der Waals surface area contributed by atoms with Gasteiger partial charge in [0.1, 0.15) is 10.8 Å². The van der Waals surface area contributed by atoms with E-state index in [-0.39, 0.29) is 6.04 Å². The molecule has 2 aromatic rings. The molecule has 1 atom stereocenters. The highest BCUT2D eigenvalue weighted by Crippen LogP contribution is 2.33. The van der Waals surface area contributed by atoms with Crippen molar-refractivity contribution in [1.29, 1.82) is 0 Å². The van der Waals surface area contributed by atoms with E-state index in [1.165, 1.54) is 26.7 Å². The van der Waals surface area contributed by atoms with E-state index in [4.69, 9.17) is 9.72 Å². The Hall–Kier alpha value is -1.39. The molecule has 1 N–H and O–H groups in total. The van der Waals surface area contributed by atoms with Crippen LogP contribution in [0.15, 0.2) is 18.2 Å². The first-order valence-electron chi connectivity index (χ1n) is 7.68. The van der Waals surface area contributed by atoms with E-state index in [0.717, 1.165) is 31.7 Å². The van der Waals surface area contributed by atoms with Crippen LogP contribution in [0.2, 0.25) is 0 Å². The Balaban J connectivity index is 1.97. The minimum atomic E-state index is 0.185. The van der Waals surface area contributed by atoms with Crippen LogP contribution >= 0.6 is 11.3 Å². The number of nitrogens with zero attached hydrogens (tertiary/aromatic N) is 1. The van der Waals surface area contributed by atoms with Gasteiger partial charge in [0.05, 0.1) is 18.3 Å². The third-order valence-corrected chi connectivity index (χ3v) is 5.02. The minimum Gasteiger partial charge on any atom is -0.493 e. The van der Waals surface area contributed by atoms with Gasteiger partial charge < -0.3 is 10.1 Å². The van der Waals surface area contributed by atoms with Crippen molar-refractivity contribution in [3.8, 4) is 5.75 Å². The lowest BCUT2D eigenvalue weighted by molar-refractivity contribution is 0.357. The molecule has 3 nitrogen and oxygen atoms in total. The molecule has 1 aliphatic rings. The zero-order chi connectivity index (χ0) is 14.8. The topological polar surface area (TPSA) is 34.1 Å². The SMILES string of the molecule is CCNC(c1ccc2c(c1)CCO2)c1nc(CC)c(C)s1. The summed E-state index contributed by atoms with van der Waals surface area (Å²) in [4.78, 5) is 6.18. The average Bonchev–Trinajstić information content (AvgIpc) is 3.10. The van der Waals surface area contributed by atoms with Crippen molar-refractivity contribution in [3.63, 3.8) is 0 Å². The number of fused-ring (bicyclic) bond motifs is 1. The smallest absolute Gasteiger partial charge is 0.122 e. The Morgan fingerprint density at radius 3 is 2.95 bits per heavy atom. The fraction of sp³-hybridized carbons (Fsp3) is 0.471. The molecule has 1 aliphatic heterocycles. The molecule has 1 unspecified atom stereocenters. The summed E-state index contributed by atoms with van der Waals surface area (Å²) in [6.45, 7) is 8.21. The van der Waals surface area contributed by atoms with Crippen molar-refractivity contribution in [1.82, 2.24) is 10.3 Å². The fourth-order valence-corrected chi connectivity index (χ4v) is 3.95. The lowest BCUT2D eigenvalue weighted by atomic mass is 10.0. The number of hydrogen-bond donors (Lipinski definition) is 1. The van der Waals surface area contributed by atoms with Gasteiger partial charge in [0, 0.05) is 11.3 Å². The first kappa shape index (κ1) is 14.5. The zero-order valence-electron chi connectivity index (χ0n) is 12.9. The van der Waals surface area contributed by atoms with E-state index in [9.17, 15) is 0 Å². The Labute approximate surface area is 130 Å². The monoisotopic (exact) mass is 302 g/mol. The molecule has 0 saturated heterocycles. The first-order valence-corrected chi connectivity index (χ1v) is 8.49. The maximum absolute atomic E-state index is 5.61. The second-order valence-corrected chi connectivity index (χ2v) is 6.60. The highest BCUT2D eigenvalue weighted by Gasteiger charge is 2.21. The van der Waals surface area contributed by atoms with Gasteiger partial charge in [-0.25, -0.2) is 4.98 Å². The lowest BCUT2D eigenvalue weighted by Crippen LogP contribution is -2.22. The minimum absolute atomic E-state index is 0.185. The average molecular weight is 302 g/mol. The fourth-order valence-electron chi connectivity index (χ4n) is 2.84. The van der Waals surface area contributed by atoms with Crippen LogP contribution in [0, 0.1) is 6.92 Å². The summed E-state index contributed by atoms with van der Waals surface area (Å²) < 4.78 is 5.61. The van der Waals surface area contributed by atoms with E-state index < -0.39 is 0 Å². The second kappa shape index (κ2) is 6.16. The maximum Gasteiger partial charge on any atom is 0.122 e. The highest BCUT2D eigenvalue weighted by molar-refractivity contribution is 7.11. The Bertz CT molecular complexity index is 636. The van der Waals surface area contributed by atoms with Crippen LogP contribution in [0.25, 0.3) is 0 Å². The third kappa shape index (κ3) is 2.83.